The van der Waals surface area contributed by atoms with Gasteiger partial charge in [0, 0.05) is 12.5 Å². The molecule has 4 heteroatoms. The summed E-state index contributed by atoms with van der Waals surface area (Å²) in [6.45, 7) is 2.08. The summed E-state index contributed by atoms with van der Waals surface area (Å²) < 4.78 is 0.724. The highest BCUT2D eigenvalue weighted by Gasteiger charge is 2.22. The Morgan fingerprint density at radius 1 is 1.26 bits per heavy atom. The van der Waals surface area contributed by atoms with Gasteiger partial charge in [-0.3, -0.25) is 4.79 Å². The summed E-state index contributed by atoms with van der Waals surface area (Å²) in [6.07, 6.45) is 4.47. The molecule has 0 spiro atoms. The minimum Gasteiger partial charge on any atom is -1.00 e. The van der Waals surface area contributed by atoms with Crippen molar-refractivity contribution in [3.63, 3.8) is 0 Å². The fourth-order valence-corrected chi connectivity index (χ4v) is 1.79. The summed E-state index contributed by atoms with van der Waals surface area (Å²) in [4.78, 5) is 11.8. The molecule has 0 aromatic heterocycles. The van der Waals surface area contributed by atoms with E-state index in [2.05, 4.69) is 33.4 Å². The normalized spacial score (nSPS) is 12.8. The van der Waals surface area contributed by atoms with Crippen LogP contribution in [0.25, 0.3) is 6.08 Å². The zero-order valence-corrected chi connectivity index (χ0v) is 12.8. The molecule has 1 N–H and O–H groups in total. The lowest BCUT2D eigenvalue weighted by atomic mass is 10.2. The molecule has 1 aromatic carbocycles. The maximum Gasteiger partial charge on any atom is 0.248 e. The lowest BCUT2D eigenvalue weighted by Crippen LogP contribution is -3.00. The van der Waals surface area contributed by atoms with Gasteiger partial charge in [-0.05, 0) is 11.6 Å². The number of rotatable bonds is 5. The molecule has 0 aliphatic carbocycles. The van der Waals surface area contributed by atoms with Crippen LogP contribution in [0.1, 0.15) is 18.9 Å². The quantitative estimate of drug-likeness (QED) is 0.430. The molecule has 0 saturated heterocycles. The van der Waals surface area contributed by atoms with Gasteiger partial charge in [0.2, 0.25) is 5.91 Å². The molecule has 0 heterocycles. The third-order valence-corrected chi connectivity index (χ3v) is 2.86. The van der Waals surface area contributed by atoms with Gasteiger partial charge in [-0.25, -0.2) is 0 Å². The van der Waals surface area contributed by atoms with E-state index in [1.54, 1.807) is 6.08 Å². The monoisotopic (exact) mass is 282 g/mol. The van der Waals surface area contributed by atoms with Crippen LogP contribution in [-0.2, 0) is 4.79 Å². The van der Waals surface area contributed by atoms with Gasteiger partial charge in [-0.1, -0.05) is 37.3 Å². The van der Waals surface area contributed by atoms with Crippen LogP contribution in [0.5, 0.6) is 0 Å². The number of halogens is 1. The van der Waals surface area contributed by atoms with E-state index in [9.17, 15) is 4.79 Å². The van der Waals surface area contributed by atoms with Crippen LogP contribution >= 0.6 is 0 Å². The summed E-state index contributed by atoms with van der Waals surface area (Å²) in [6, 6.07) is 9.82. The number of carbonyl (C=O) groups is 1. The molecule has 1 aromatic rings. The lowest BCUT2D eigenvalue weighted by molar-refractivity contribution is -0.898. The van der Waals surface area contributed by atoms with Gasteiger partial charge in [-0.15, -0.1) is 0 Å². The third kappa shape index (κ3) is 6.41. The van der Waals surface area contributed by atoms with Crippen molar-refractivity contribution in [2.24, 2.45) is 0 Å². The molecule has 3 nitrogen and oxygen atoms in total. The largest absolute Gasteiger partial charge is 1.00 e. The first-order chi connectivity index (χ1) is 8.43. The molecule has 0 fully saturated rings. The third-order valence-electron chi connectivity index (χ3n) is 2.86. The Kier molecular flexibility index (Phi) is 7.42. The Balaban J connectivity index is 0.00000324. The summed E-state index contributed by atoms with van der Waals surface area (Å²) in [5.41, 5.74) is 1.03. The molecule has 106 valence electrons. The van der Waals surface area contributed by atoms with E-state index in [4.69, 9.17) is 0 Å². The number of nitrogens with zero attached hydrogens (tertiary/aromatic N) is 1. The number of carbonyl (C=O) groups excluding carboxylic acids is 1. The molecule has 0 bridgehead atoms. The highest BCUT2D eigenvalue weighted by atomic mass is 35.5. The van der Waals surface area contributed by atoms with E-state index in [1.807, 2.05) is 36.4 Å². The second-order valence-electron chi connectivity index (χ2n) is 5.29. The van der Waals surface area contributed by atoms with Crippen molar-refractivity contribution in [3.05, 3.63) is 42.0 Å². The van der Waals surface area contributed by atoms with E-state index >= 15 is 0 Å². The average molecular weight is 283 g/mol. The van der Waals surface area contributed by atoms with E-state index in [0.29, 0.717) is 0 Å². The van der Waals surface area contributed by atoms with Gasteiger partial charge in [0.1, 0.15) is 0 Å². The Hall–Kier alpha value is -1.32. The molecule has 0 aliphatic rings. The zero-order valence-electron chi connectivity index (χ0n) is 12.1. The smallest absolute Gasteiger partial charge is 0.248 e. The van der Waals surface area contributed by atoms with Crippen LogP contribution in [-0.4, -0.2) is 37.7 Å². The zero-order chi connectivity index (χ0) is 13.6. The Labute approximate surface area is 122 Å². The maximum atomic E-state index is 11.8. The first-order valence-electron chi connectivity index (χ1n) is 6.28. The number of hydrogen-bond acceptors (Lipinski definition) is 1. The minimum atomic E-state index is -0.0428. The van der Waals surface area contributed by atoms with Crippen molar-refractivity contribution in [1.29, 1.82) is 0 Å². The van der Waals surface area contributed by atoms with Gasteiger partial charge in [0.25, 0.3) is 0 Å². The minimum absolute atomic E-state index is 0. The second-order valence-corrected chi connectivity index (χ2v) is 5.29. The van der Waals surface area contributed by atoms with Crippen LogP contribution in [0.4, 0.5) is 0 Å². The van der Waals surface area contributed by atoms with E-state index in [1.165, 1.54) is 0 Å². The van der Waals surface area contributed by atoms with Gasteiger partial charge in [0.05, 0.1) is 21.1 Å². The number of hydrogen-bond donors (Lipinski definition) is 1. The van der Waals surface area contributed by atoms with Crippen LogP contribution in [0.3, 0.4) is 0 Å². The van der Waals surface area contributed by atoms with Gasteiger partial charge in [-0.2, -0.15) is 0 Å². The van der Waals surface area contributed by atoms with Crippen molar-refractivity contribution in [3.8, 4) is 0 Å². The van der Waals surface area contributed by atoms with E-state index in [-0.39, 0.29) is 24.5 Å². The number of nitrogens with one attached hydrogen (secondary N) is 1. The van der Waals surface area contributed by atoms with Gasteiger partial charge in [0.15, 0.2) is 6.17 Å². The Bertz CT molecular complexity index is 410. The van der Waals surface area contributed by atoms with Crippen molar-refractivity contribution in [2.45, 2.75) is 19.5 Å². The van der Waals surface area contributed by atoms with Crippen molar-refractivity contribution in [2.75, 3.05) is 21.1 Å². The first kappa shape index (κ1) is 17.7. The molecule has 0 radical (unpaired) electrons. The molecular weight excluding hydrogens is 260 g/mol. The molecule has 0 saturated carbocycles. The summed E-state index contributed by atoms with van der Waals surface area (Å²) in [5, 5.41) is 3.02. The molecular formula is C15H23ClN2O. The topological polar surface area (TPSA) is 29.1 Å². The maximum absolute atomic E-state index is 11.8. The van der Waals surface area contributed by atoms with Crippen molar-refractivity contribution >= 4 is 12.0 Å². The molecule has 1 unspecified atom stereocenters. The molecule has 19 heavy (non-hydrogen) atoms. The molecule has 1 amide bonds. The van der Waals surface area contributed by atoms with Crippen molar-refractivity contribution < 1.29 is 21.7 Å². The molecule has 1 atom stereocenters. The lowest BCUT2D eigenvalue weighted by Gasteiger charge is -2.33. The Morgan fingerprint density at radius 2 is 1.84 bits per heavy atom. The highest BCUT2D eigenvalue weighted by Crippen LogP contribution is 2.04. The van der Waals surface area contributed by atoms with Crippen molar-refractivity contribution in [1.82, 2.24) is 5.32 Å². The molecule has 1 rings (SSSR count). The van der Waals surface area contributed by atoms with E-state index < -0.39 is 0 Å². The predicted octanol–water partition coefficient (Wildman–Crippen LogP) is -0.738. The van der Waals surface area contributed by atoms with Crippen LogP contribution in [0.15, 0.2) is 36.4 Å². The number of quaternary nitrogens is 1. The fraction of sp³-hybridized carbons (Fsp3) is 0.400. The molecule has 0 aliphatic heterocycles. The predicted molar refractivity (Wildman–Crippen MR) is 75.7 cm³/mol. The standard InChI is InChI=1S/C15H22N2O.ClH/c1-5-14(17(2,3)4)16-15(18)12-11-13-9-7-6-8-10-13;/h6-12,14H,5H2,1-4H3;1H. The van der Waals surface area contributed by atoms with Crippen LogP contribution in [0.2, 0.25) is 0 Å². The van der Waals surface area contributed by atoms with E-state index in [0.717, 1.165) is 16.5 Å². The number of benzene rings is 1. The average Bonchev–Trinajstić information content (AvgIpc) is 2.33. The second kappa shape index (κ2) is 7.97. The number of amides is 1. The summed E-state index contributed by atoms with van der Waals surface area (Å²) in [5.74, 6) is -0.0428. The highest BCUT2D eigenvalue weighted by molar-refractivity contribution is 5.91. The first-order valence-corrected chi connectivity index (χ1v) is 6.28. The van der Waals surface area contributed by atoms with Crippen LogP contribution in [0, 0.1) is 0 Å². The van der Waals surface area contributed by atoms with Gasteiger partial charge >= 0.3 is 0 Å². The van der Waals surface area contributed by atoms with Gasteiger partial charge < -0.3 is 22.2 Å². The summed E-state index contributed by atoms with van der Waals surface area (Å²) in [7, 11) is 6.24. The summed E-state index contributed by atoms with van der Waals surface area (Å²) >= 11 is 0. The SMILES string of the molecule is CCC(NC(=O)C=Cc1ccccc1)[N+](C)(C)C.[Cl-]. The Morgan fingerprint density at radius 3 is 2.32 bits per heavy atom. The fourth-order valence-electron chi connectivity index (χ4n) is 1.79. The van der Waals surface area contributed by atoms with Crippen LogP contribution < -0.4 is 17.7 Å².